The second kappa shape index (κ2) is 9.17. The molecular weight excluding hydrogens is 527 g/mol. The molecule has 13 heteroatoms. The Morgan fingerprint density at radius 1 is 1.20 bits per heavy atom. The van der Waals surface area contributed by atoms with Crippen LogP contribution < -0.4 is 11.1 Å². The summed E-state index contributed by atoms with van der Waals surface area (Å²) in [4.78, 5) is 80.0. The molecule has 0 bridgehead atoms. The molecule has 1 heterocycles. The summed E-state index contributed by atoms with van der Waals surface area (Å²) >= 11 is 0. The topological polar surface area (TPSA) is 189 Å². The van der Waals surface area contributed by atoms with Gasteiger partial charge < -0.3 is 25.8 Å². The lowest BCUT2D eigenvalue weighted by atomic mass is 9.52. The molecule has 2 fully saturated rings. The normalized spacial score (nSPS) is 29.6. The molecule has 0 saturated heterocycles. The van der Waals surface area contributed by atoms with Crippen molar-refractivity contribution in [3.63, 3.8) is 0 Å². The summed E-state index contributed by atoms with van der Waals surface area (Å²) in [5.74, 6) is -14.3. The van der Waals surface area contributed by atoms with E-state index in [-0.39, 0.29) is 24.1 Å². The Morgan fingerprint density at radius 2 is 1.88 bits per heavy atom. The molecule has 1 aromatic heterocycles. The van der Waals surface area contributed by atoms with Crippen molar-refractivity contribution in [2.24, 2.45) is 36.5 Å². The van der Waals surface area contributed by atoms with E-state index in [1.54, 1.807) is 19.3 Å². The maximum absolute atomic E-state index is 15.4. The van der Waals surface area contributed by atoms with Crippen LogP contribution in [0.1, 0.15) is 32.8 Å². The van der Waals surface area contributed by atoms with E-state index in [9.17, 15) is 39.0 Å². The van der Waals surface area contributed by atoms with Gasteiger partial charge in [0.05, 0.1) is 23.2 Å². The molecule has 3 aliphatic rings. The number of aromatic nitrogens is 1. The van der Waals surface area contributed by atoms with Gasteiger partial charge in [-0.15, -0.1) is 0 Å². The lowest BCUT2D eigenvalue weighted by Gasteiger charge is -2.52. The Hall–Kier alpha value is -4.23. The molecule has 1 aromatic carbocycles. The van der Waals surface area contributed by atoms with Gasteiger partial charge in [0, 0.05) is 30.8 Å². The second-order valence-corrected chi connectivity index (χ2v) is 10.9. The highest BCUT2D eigenvalue weighted by molar-refractivity contribution is 6.32. The number of phenols is 1. The molecular formula is C27H27FN4O8. The molecule has 6 atom stereocenters. The van der Waals surface area contributed by atoms with Crippen LogP contribution >= 0.6 is 0 Å². The monoisotopic (exact) mass is 554 g/mol. The molecule has 5 rings (SSSR count). The minimum atomic E-state index is -2.89. The van der Waals surface area contributed by atoms with Gasteiger partial charge in [0.25, 0.3) is 5.91 Å². The second-order valence-electron chi connectivity index (χ2n) is 10.9. The molecule has 2 unspecified atom stereocenters. The Bertz CT molecular complexity index is 1530. The van der Waals surface area contributed by atoms with E-state index in [1.165, 1.54) is 29.6 Å². The first-order valence-electron chi connectivity index (χ1n) is 12.5. The number of amides is 2. The Labute approximate surface area is 226 Å². The number of rotatable bonds is 4. The molecule has 0 aliphatic heterocycles. The summed E-state index contributed by atoms with van der Waals surface area (Å²) < 4.78 is 16.9. The molecule has 3 aliphatic carbocycles. The molecule has 40 heavy (non-hydrogen) atoms. The predicted octanol–water partition coefficient (Wildman–Crippen LogP) is -0.403. The van der Waals surface area contributed by atoms with E-state index >= 15 is 4.39 Å². The number of hydrogen-bond acceptors (Lipinski definition) is 9. The predicted molar refractivity (Wildman–Crippen MR) is 135 cm³/mol. The number of anilines is 1. The van der Waals surface area contributed by atoms with Crippen molar-refractivity contribution in [2.75, 3.05) is 19.4 Å². The van der Waals surface area contributed by atoms with E-state index in [2.05, 4.69) is 5.32 Å². The number of Topliss-reactive ketones (excluding diaryl/α,β-unsaturated/α-hetero) is 4. The summed E-state index contributed by atoms with van der Waals surface area (Å²) in [5, 5.41) is 24.9. The van der Waals surface area contributed by atoms with Gasteiger partial charge in [-0.2, -0.15) is 0 Å². The van der Waals surface area contributed by atoms with Crippen molar-refractivity contribution in [2.45, 2.75) is 24.5 Å². The Balaban J connectivity index is 1.58. The van der Waals surface area contributed by atoms with Gasteiger partial charge >= 0.3 is 0 Å². The van der Waals surface area contributed by atoms with Crippen molar-refractivity contribution in [3.8, 4) is 5.75 Å². The lowest BCUT2D eigenvalue weighted by molar-refractivity contribution is -0.181. The van der Waals surface area contributed by atoms with Crippen LogP contribution in [0.3, 0.4) is 0 Å². The van der Waals surface area contributed by atoms with Crippen LogP contribution in [-0.2, 0) is 32.6 Å². The van der Waals surface area contributed by atoms with Gasteiger partial charge in [-0.05, 0) is 45.0 Å². The number of primary amides is 1. The van der Waals surface area contributed by atoms with Crippen molar-refractivity contribution < 1.29 is 43.4 Å². The molecule has 0 radical (unpaired) electrons. The summed E-state index contributed by atoms with van der Waals surface area (Å²) in [6.07, 6.45) is 1.18. The maximum Gasteiger partial charge on any atom is 0.272 e. The minimum Gasteiger partial charge on any atom is -0.505 e. The lowest BCUT2D eigenvalue weighted by Crippen LogP contribution is -2.74. The number of aromatic hydroxyl groups is 1. The van der Waals surface area contributed by atoms with Crippen LogP contribution in [0.15, 0.2) is 24.4 Å². The van der Waals surface area contributed by atoms with Gasteiger partial charge in [0.15, 0.2) is 34.7 Å². The maximum atomic E-state index is 15.4. The highest BCUT2D eigenvalue weighted by Gasteiger charge is 2.69. The average Bonchev–Trinajstić information content (AvgIpc) is 3.30. The van der Waals surface area contributed by atoms with Crippen LogP contribution in [0.4, 0.5) is 10.1 Å². The number of phenolic OH excluding ortho intramolecular Hbond substituents is 1. The molecule has 2 aromatic rings. The number of fused-ring (bicyclic) bond motifs is 3. The average molecular weight is 555 g/mol. The van der Waals surface area contributed by atoms with E-state index in [1.807, 2.05) is 0 Å². The number of carbonyl (C=O) groups is 6. The molecule has 210 valence electrons. The number of likely N-dealkylation sites (N-methyl/N-ethyl adjacent to an activating group) is 1. The smallest absolute Gasteiger partial charge is 0.272 e. The first kappa shape index (κ1) is 27.3. The van der Waals surface area contributed by atoms with E-state index in [0.717, 1.165) is 6.07 Å². The van der Waals surface area contributed by atoms with Crippen molar-refractivity contribution >= 4 is 40.6 Å². The van der Waals surface area contributed by atoms with Gasteiger partial charge in [-0.3, -0.25) is 33.7 Å². The van der Waals surface area contributed by atoms with E-state index in [0.29, 0.717) is 0 Å². The minimum absolute atomic E-state index is 0.185. The number of aryl methyl sites for hydroxylation is 1. The summed E-state index contributed by atoms with van der Waals surface area (Å²) in [6, 6.07) is 2.70. The molecule has 5 N–H and O–H groups in total. The third-order valence-corrected chi connectivity index (χ3v) is 8.43. The fourth-order valence-electron chi connectivity index (χ4n) is 6.61. The number of nitrogens with one attached hydrogen (secondary N) is 1. The van der Waals surface area contributed by atoms with Gasteiger partial charge in [-0.1, -0.05) is 0 Å². The van der Waals surface area contributed by atoms with Crippen LogP contribution in [0.25, 0.3) is 0 Å². The zero-order chi connectivity index (χ0) is 29.4. The number of benzene rings is 1. The van der Waals surface area contributed by atoms with Crippen LogP contribution in [-0.4, -0.2) is 80.4 Å². The molecule has 2 saturated carbocycles. The standard InChI is InChI=1S/C27H27FN4O8/c1-31(2)19-12-8-10-7-11-13(28)9-14(30-26(39)15-5-4-6-32(15)3)20(33)17(11)21(34)16(10)23(36)27(12,40)24(37)18(22(19)35)25(29)38/h4-6,9-10,12,16,18-19,33,40H,7-8H2,1-3H3,(H2,29,38)(H,30,39)/t10-,12-,16?,18?,19-,27-/m0/s1. The Morgan fingerprint density at radius 3 is 2.45 bits per heavy atom. The molecule has 2 amide bonds. The van der Waals surface area contributed by atoms with Crippen LogP contribution in [0, 0.1) is 29.5 Å². The number of nitrogens with two attached hydrogens (primary N) is 1. The third kappa shape index (κ3) is 3.64. The quantitative estimate of drug-likeness (QED) is 0.288. The number of hydrogen-bond donors (Lipinski definition) is 4. The fourth-order valence-corrected chi connectivity index (χ4v) is 6.61. The summed E-state index contributed by atoms with van der Waals surface area (Å²) in [6.45, 7) is 0. The first-order valence-corrected chi connectivity index (χ1v) is 12.5. The van der Waals surface area contributed by atoms with Gasteiger partial charge in [-0.25, -0.2) is 4.39 Å². The zero-order valence-electron chi connectivity index (χ0n) is 21.8. The highest BCUT2D eigenvalue weighted by atomic mass is 19.1. The van der Waals surface area contributed by atoms with Crippen molar-refractivity contribution in [1.82, 2.24) is 9.47 Å². The molecule has 12 nitrogen and oxygen atoms in total. The van der Waals surface area contributed by atoms with Crippen molar-refractivity contribution in [1.29, 1.82) is 0 Å². The van der Waals surface area contributed by atoms with E-state index in [4.69, 9.17) is 5.73 Å². The van der Waals surface area contributed by atoms with Gasteiger partial charge in [0.1, 0.15) is 17.3 Å². The number of carbonyl (C=O) groups excluding carboxylic acids is 6. The number of ketones is 4. The third-order valence-electron chi connectivity index (χ3n) is 8.43. The van der Waals surface area contributed by atoms with Crippen LogP contribution in [0.5, 0.6) is 5.75 Å². The van der Waals surface area contributed by atoms with Crippen LogP contribution in [0.2, 0.25) is 0 Å². The highest BCUT2D eigenvalue weighted by Crippen LogP contribution is 2.51. The largest absolute Gasteiger partial charge is 0.505 e. The Kier molecular flexibility index (Phi) is 6.27. The van der Waals surface area contributed by atoms with Gasteiger partial charge in [0.2, 0.25) is 5.91 Å². The zero-order valence-corrected chi connectivity index (χ0v) is 21.8. The number of halogens is 1. The summed E-state index contributed by atoms with van der Waals surface area (Å²) in [5.41, 5.74) is 1.45. The van der Waals surface area contributed by atoms with E-state index < -0.39 is 93.1 Å². The molecule has 0 spiro atoms. The number of aliphatic hydroxyl groups is 1. The fraction of sp³-hybridized carbons (Fsp3) is 0.407. The SMILES string of the molecule is CN(C)[C@@H]1C(=O)C(C(N)=O)C(=O)[C@@]2(O)C(=O)C3C(=O)c4c(O)c(NC(=O)c5cccn5C)cc(F)c4C[C@H]3C[C@@H]12. The van der Waals surface area contributed by atoms with Crippen molar-refractivity contribution in [3.05, 3.63) is 47.0 Å². The first-order chi connectivity index (χ1) is 18.7. The number of nitrogens with zero attached hydrogens (tertiary/aromatic N) is 2. The summed E-state index contributed by atoms with van der Waals surface area (Å²) in [7, 11) is 4.54.